The summed E-state index contributed by atoms with van der Waals surface area (Å²) < 4.78 is 25.8. The topological polar surface area (TPSA) is 17.1 Å². The minimum absolute atomic E-state index is 0.0734. The predicted molar refractivity (Wildman–Crippen MR) is 48.7 cm³/mol. The van der Waals surface area contributed by atoms with Crippen molar-refractivity contribution in [3.8, 4) is 0 Å². The van der Waals surface area contributed by atoms with Crippen LogP contribution in [0, 0.1) is 11.6 Å². The summed E-state index contributed by atoms with van der Waals surface area (Å²) in [6, 6.07) is 1.86. The molecule has 0 N–H and O–H groups in total. The van der Waals surface area contributed by atoms with Crippen molar-refractivity contribution in [2.45, 2.75) is 13.3 Å². The summed E-state index contributed by atoms with van der Waals surface area (Å²) in [5.74, 6) is -1.85. The number of benzene rings is 1. The van der Waals surface area contributed by atoms with Crippen LogP contribution in [-0.2, 0) is 0 Å². The van der Waals surface area contributed by atoms with Gasteiger partial charge in [0.05, 0.1) is 10.0 Å². The Bertz CT molecular complexity index is 350. The summed E-state index contributed by atoms with van der Waals surface area (Å²) in [6.07, 6.45) is 0.203. The zero-order valence-corrected chi connectivity index (χ0v) is 8.49. The Kier molecular flexibility index (Phi) is 3.14. The first kappa shape index (κ1) is 10.3. The molecule has 4 heteroatoms. The molecule has 1 nitrogen and oxygen atoms in total. The van der Waals surface area contributed by atoms with Gasteiger partial charge >= 0.3 is 0 Å². The summed E-state index contributed by atoms with van der Waals surface area (Å²) in [7, 11) is 0. The first-order chi connectivity index (χ1) is 6.06. The maximum atomic E-state index is 13.0. The van der Waals surface area contributed by atoms with E-state index in [9.17, 15) is 13.6 Å². The van der Waals surface area contributed by atoms with Crippen LogP contribution in [0.5, 0.6) is 0 Å². The van der Waals surface area contributed by atoms with E-state index in [1.54, 1.807) is 6.92 Å². The molecule has 0 saturated carbocycles. The third-order valence-corrected chi connectivity index (χ3v) is 2.24. The molecule has 70 valence electrons. The Morgan fingerprint density at radius 2 is 2.00 bits per heavy atom. The van der Waals surface area contributed by atoms with Crippen molar-refractivity contribution in [3.63, 3.8) is 0 Å². The Balaban J connectivity index is 3.23. The van der Waals surface area contributed by atoms with Crippen molar-refractivity contribution >= 4 is 21.7 Å². The number of carbonyl (C=O) groups is 1. The van der Waals surface area contributed by atoms with Crippen LogP contribution in [0.25, 0.3) is 0 Å². The molecule has 0 unspecified atom stereocenters. The lowest BCUT2D eigenvalue weighted by molar-refractivity contribution is 0.0984. The molecule has 0 aliphatic rings. The highest BCUT2D eigenvalue weighted by Gasteiger charge is 2.13. The van der Waals surface area contributed by atoms with E-state index in [2.05, 4.69) is 15.9 Å². The molecule has 0 saturated heterocycles. The molecule has 13 heavy (non-hydrogen) atoms. The molecule has 0 radical (unpaired) electrons. The van der Waals surface area contributed by atoms with Gasteiger partial charge in [0.1, 0.15) is 11.6 Å². The van der Waals surface area contributed by atoms with Gasteiger partial charge in [0.25, 0.3) is 0 Å². The van der Waals surface area contributed by atoms with Gasteiger partial charge in [-0.2, -0.15) is 0 Å². The maximum Gasteiger partial charge on any atom is 0.165 e. The van der Waals surface area contributed by atoms with Crippen LogP contribution in [0.2, 0.25) is 0 Å². The van der Waals surface area contributed by atoms with Gasteiger partial charge in [-0.1, -0.05) is 6.92 Å². The number of carbonyl (C=O) groups excluding carboxylic acids is 1. The molecule has 0 amide bonds. The van der Waals surface area contributed by atoms with Crippen LogP contribution >= 0.6 is 15.9 Å². The summed E-state index contributed by atoms with van der Waals surface area (Å²) in [5.41, 5.74) is -0.0734. The number of hydrogen-bond acceptors (Lipinski definition) is 1. The van der Waals surface area contributed by atoms with Gasteiger partial charge in [-0.05, 0) is 22.0 Å². The number of halogens is 3. The summed E-state index contributed by atoms with van der Waals surface area (Å²) in [6.45, 7) is 1.62. The smallest absolute Gasteiger partial charge is 0.165 e. The van der Waals surface area contributed by atoms with E-state index in [1.807, 2.05) is 0 Å². The van der Waals surface area contributed by atoms with E-state index in [1.165, 1.54) is 0 Å². The minimum atomic E-state index is -0.812. The van der Waals surface area contributed by atoms with Crippen LogP contribution in [0.1, 0.15) is 23.7 Å². The minimum Gasteiger partial charge on any atom is -0.294 e. The normalized spacial score (nSPS) is 10.2. The van der Waals surface area contributed by atoms with Crippen molar-refractivity contribution < 1.29 is 13.6 Å². The average Bonchev–Trinajstić information content (AvgIpc) is 2.10. The molecule has 0 bridgehead atoms. The lowest BCUT2D eigenvalue weighted by atomic mass is 10.1. The first-order valence-corrected chi connectivity index (χ1v) is 4.53. The Morgan fingerprint density at radius 1 is 1.38 bits per heavy atom. The van der Waals surface area contributed by atoms with Gasteiger partial charge in [-0.25, -0.2) is 8.78 Å². The van der Waals surface area contributed by atoms with Gasteiger partial charge < -0.3 is 0 Å². The van der Waals surface area contributed by atoms with Crippen LogP contribution < -0.4 is 0 Å². The Morgan fingerprint density at radius 3 is 2.54 bits per heavy atom. The van der Waals surface area contributed by atoms with E-state index in [4.69, 9.17) is 0 Å². The van der Waals surface area contributed by atoms with E-state index in [0.717, 1.165) is 6.07 Å². The first-order valence-electron chi connectivity index (χ1n) is 3.74. The third kappa shape index (κ3) is 2.12. The summed E-state index contributed by atoms with van der Waals surface area (Å²) in [5, 5.41) is 0. The summed E-state index contributed by atoms with van der Waals surface area (Å²) in [4.78, 5) is 11.1. The number of rotatable bonds is 2. The Hall–Kier alpha value is -0.770. The molecule has 0 atom stereocenters. The van der Waals surface area contributed by atoms with Crippen LogP contribution in [-0.4, -0.2) is 5.78 Å². The predicted octanol–water partition coefficient (Wildman–Crippen LogP) is 3.32. The van der Waals surface area contributed by atoms with Crippen LogP contribution in [0.4, 0.5) is 8.78 Å². The molecule has 0 aromatic heterocycles. The molecule has 1 aromatic carbocycles. The summed E-state index contributed by atoms with van der Waals surface area (Å²) >= 11 is 2.88. The van der Waals surface area contributed by atoms with Crippen molar-refractivity contribution in [2.24, 2.45) is 0 Å². The third-order valence-electron chi connectivity index (χ3n) is 1.63. The molecular weight excluding hydrogens is 242 g/mol. The Labute approximate surface area is 82.9 Å². The quantitative estimate of drug-likeness (QED) is 0.580. The van der Waals surface area contributed by atoms with E-state index in [-0.39, 0.29) is 22.2 Å². The largest absolute Gasteiger partial charge is 0.294 e. The van der Waals surface area contributed by atoms with Gasteiger partial charge in [-0.3, -0.25) is 4.79 Å². The maximum absolute atomic E-state index is 13.0. The van der Waals surface area contributed by atoms with Crippen LogP contribution in [0.3, 0.4) is 0 Å². The van der Waals surface area contributed by atoms with E-state index < -0.39 is 11.6 Å². The number of ketones is 1. The molecule has 0 aliphatic heterocycles. The van der Waals surface area contributed by atoms with Crippen LogP contribution in [0.15, 0.2) is 16.6 Å². The second-order valence-corrected chi connectivity index (χ2v) is 3.38. The molecule has 0 heterocycles. The monoisotopic (exact) mass is 248 g/mol. The standard InChI is InChI=1S/C9H7BrF2O/c1-2-9(13)5-3-6(10)8(12)4-7(5)11/h3-4H,2H2,1H3. The fourth-order valence-corrected chi connectivity index (χ4v) is 1.27. The zero-order chi connectivity index (χ0) is 10.0. The molecular formula is C9H7BrF2O. The van der Waals surface area contributed by atoms with Crippen molar-refractivity contribution in [3.05, 3.63) is 33.8 Å². The van der Waals surface area contributed by atoms with Gasteiger partial charge in [0, 0.05) is 12.5 Å². The number of hydrogen-bond donors (Lipinski definition) is 0. The molecule has 1 aromatic rings. The SMILES string of the molecule is CCC(=O)c1cc(Br)c(F)cc1F. The van der Waals surface area contributed by atoms with E-state index in [0.29, 0.717) is 6.07 Å². The van der Waals surface area contributed by atoms with Gasteiger partial charge in [-0.15, -0.1) is 0 Å². The highest BCUT2D eigenvalue weighted by molar-refractivity contribution is 9.10. The number of Topliss-reactive ketones (excluding diaryl/α,β-unsaturated/α-hetero) is 1. The molecule has 0 spiro atoms. The molecule has 1 rings (SSSR count). The zero-order valence-electron chi connectivity index (χ0n) is 6.90. The van der Waals surface area contributed by atoms with Crippen molar-refractivity contribution in [2.75, 3.05) is 0 Å². The van der Waals surface area contributed by atoms with Gasteiger partial charge in [0.2, 0.25) is 0 Å². The van der Waals surface area contributed by atoms with Gasteiger partial charge in [0.15, 0.2) is 5.78 Å². The lowest BCUT2D eigenvalue weighted by Gasteiger charge is -2.01. The molecule has 0 fully saturated rings. The fraction of sp³-hybridized carbons (Fsp3) is 0.222. The van der Waals surface area contributed by atoms with E-state index >= 15 is 0 Å². The highest BCUT2D eigenvalue weighted by Crippen LogP contribution is 2.20. The van der Waals surface area contributed by atoms with Crippen molar-refractivity contribution in [1.82, 2.24) is 0 Å². The average molecular weight is 249 g/mol. The van der Waals surface area contributed by atoms with Crippen molar-refractivity contribution in [1.29, 1.82) is 0 Å². The second-order valence-electron chi connectivity index (χ2n) is 2.52. The second kappa shape index (κ2) is 3.96. The highest BCUT2D eigenvalue weighted by atomic mass is 79.9. The fourth-order valence-electron chi connectivity index (χ4n) is 0.927. The lowest BCUT2D eigenvalue weighted by Crippen LogP contribution is -2.01. The molecule has 0 aliphatic carbocycles.